The maximum atomic E-state index is 13.1. The van der Waals surface area contributed by atoms with Crippen molar-refractivity contribution in [1.29, 1.82) is 0 Å². The molecule has 4 rings (SSSR count). The van der Waals surface area contributed by atoms with Crippen molar-refractivity contribution in [2.75, 3.05) is 32.8 Å². The Kier molecular flexibility index (Phi) is 5.95. The second-order valence-electron chi connectivity index (χ2n) is 7.39. The van der Waals surface area contributed by atoms with Gasteiger partial charge < -0.3 is 19.1 Å². The number of halogens is 1. The summed E-state index contributed by atoms with van der Waals surface area (Å²) in [6, 6.07) is 15.6. The molecule has 1 aliphatic rings. The summed E-state index contributed by atoms with van der Waals surface area (Å²) in [5.74, 6) is 0.239. The quantitative estimate of drug-likeness (QED) is 0.626. The van der Waals surface area contributed by atoms with Crippen molar-refractivity contribution in [3.8, 4) is 5.75 Å². The molecule has 0 unspecified atom stereocenters. The average molecular weight is 440 g/mol. The zero-order valence-electron chi connectivity index (χ0n) is 17.1. The lowest BCUT2D eigenvalue weighted by atomic mass is 10.1. The lowest BCUT2D eigenvalue weighted by Crippen LogP contribution is -2.51. The number of nitrogens with zero attached hydrogens (tertiary/aromatic N) is 3. The molecule has 1 aliphatic heterocycles. The van der Waals surface area contributed by atoms with Gasteiger partial charge in [0.15, 0.2) is 6.61 Å². The van der Waals surface area contributed by atoms with E-state index in [9.17, 15) is 14.4 Å². The van der Waals surface area contributed by atoms with E-state index in [1.165, 1.54) is 10.6 Å². The molecule has 0 N–H and O–H groups in total. The fourth-order valence-electron chi connectivity index (χ4n) is 3.68. The molecule has 0 saturated carbocycles. The van der Waals surface area contributed by atoms with Crippen molar-refractivity contribution in [2.45, 2.75) is 0 Å². The van der Waals surface area contributed by atoms with Crippen LogP contribution in [0.5, 0.6) is 5.75 Å². The number of hydrogen-bond acceptors (Lipinski definition) is 4. The highest BCUT2D eigenvalue weighted by Crippen LogP contribution is 2.19. The molecular weight excluding hydrogens is 418 g/mol. The van der Waals surface area contributed by atoms with Gasteiger partial charge in [0.1, 0.15) is 5.75 Å². The van der Waals surface area contributed by atoms with Gasteiger partial charge in [-0.3, -0.25) is 14.4 Å². The highest BCUT2D eigenvalue weighted by atomic mass is 35.5. The molecule has 2 heterocycles. The molecule has 2 amide bonds. The highest BCUT2D eigenvalue weighted by Gasteiger charge is 2.26. The number of aromatic nitrogens is 1. The van der Waals surface area contributed by atoms with Crippen LogP contribution in [0.3, 0.4) is 0 Å². The van der Waals surface area contributed by atoms with Crippen LogP contribution in [-0.2, 0) is 11.8 Å². The van der Waals surface area contributed by atoms with Gasteiger partial charge in [-0.05, 0) is 30.3 Å². The van der Waals surface area contributed by atoms with Gasteiger partial charge in [-0.1, -0.05) is 29.8 Å². The molecular formula is C23H22ClN3O4. The first kappa shape index (κ1) is 20.9. The van der Waals surface area contributed by atoms with Gasteiger partial charge >= 0.3 is 0 Å². The predicted molar refractivity (Wildman–Crippen MR) is 119 cm³/mol. The van der Waals surface area contributed by atoms with Crippen LogP contribution in [0, 0.1) is 0 Å². The molecule has 0 aliphatic carbocycles. The van der Waals surface area contributed by atoms with Gasteiger partial charge in [0, 0.05) is 49.7 Å². The van der Waals surface area contributed by atoms with Gasteiger partial charge in [-0.25, -0.2) is 0 Å². The topological polar surface area (TPSA) is 71.9 Å². The Morgan fingerprint density at radius 1 is 0.968 bits per heavy atom. The van der Waals surface area contributed by atoms with Gasteiger partial charge in [0.2, 0.25) is 0 Å². The first-order valence-electron chi connectivity index (χ1n) is 9.98. The predicted octanol–water partition coefficient (Wildman–Crippen LogP) is 2.56. The van der Waals surface area contributed by atoms with Crippen molar-refractivity contribution in [3.05, 3.63) is 75.5 Å². The number of para-hydroxylation sites is 1. The summed E-state index contributed by atoms with van der Waals surface area (Å²) in [4.78, 5) is 41.3. The van der Waals surface area contributed by atoms with Crippen LogP contribution in [0.1, 0.15) is 10.4 Å². The SMILES string of the molecule is Cn1c(=O)cc(C(=O)N2CCN(C(=O)COc3ccc(Cl)cc3)CC2)c2ccccc21. The van der Waals surface area contributed by atoms with Crippen molar-refractivity contribution in [3.63, 3.8) is 0 Å². The molecule has 8 heteroatoms. The van der Waals surface area contributed by atoms with Crippen molar-refractivity contribution in [1.82, 2.24) is 14.4 Å². The third-order valence-corrected chi connectivity index (χ3v) is 5.73. The van der Waals surface area contributed by atoms with E-state index in [4.69, 9.17) is 16.3 Å². The molecule has 0 atom stereocenters. The standard InChI is InChI=1S/C23H22ClN3O4/c1-25-20-5-3-2-4-18(20)19(14-21(25)28)23(30)27-12-10-26(11-13-27)22(29)15-31-17-8-6-16(24)7-9-17/h2-9,14H,10-13,15H2,1H3. The average Bonchev–Trinajstić information content (AvgIpc) is 2.80. The fraction of sp³-hybridized carbons (Fsp3) is 0.261. The number of hydrogen-bond donors (Lipinski definition) is 0. The van der Waals surface area contributed by atoms with E-state index in [2.05, 4.69) is 0 Å². The number of rotatable bonds is 4. The number of aryl methyl sites for hydroxylation is 1. The first-order chi connectivity index (χ1) is 14.9. The highest BCUT2D eigenvalue weighted by molar-refractivity contribution is 6.30. The largest absolute Gasteiger partial charge is 0.484 e. The third-order valence-electron chi connectivity index (χ3n) is 5.48. The van der Waals surface area contributed by atoms with Crippen molar-refractivity contribution in [2.24, 2.45) is 7.05 Å². The second-order valence-corrected chi connectivity index (χ2v) is 7.82. The molecule has 1 saturated heterocycles. The lowest BCUT2D eigenvalue weighted by molar-refractivity contribution is -0.134. The molecule has 7 nitrogen and oxygen atoms in total. The number of amides is 2. The molecule has 0 spiro atoms. The van der Waals surface area contributed by atoms with Crippen LogP contribution in [0.4, 0.5) is 0 Å². The van der Waals surface area contributed by atoms with Crippen LogP contribution in [-0.4, -0.2) is 59.0 Å². The number of pyridine rings is 1. The number of carbonyl (C=O) groups is 2. The first-order valence-corrected chi connectivity index (χ1v) is 10.4. The Labute approximate surface area is 184 Å². The molecule has 1 aromatic heterocycles. The maximum Gasteiger partial charge on any atom is 0.260 e. The summed E-state index contributed by atoms with van der Waals surface area (Å²) in [6.07, 6.45) is 0. The number of piperazine rings is 1. The number of carbonyl (C=O) groups excluding carboxylic acids is 2. The second kappa shape index (κ2) is 8.81. The molecule has 0 radical (unpaired) electrons. The normalized spacial score (nSPS) is 14.0. The van der Waals surface area contributed by atoms with E-state index in [0.29, 0.717) is 48.0 Å². The summed E-state index contributed by atoms with van der Waals surface area (Å²) in [5, 5.41) is 1.34. The molecule has 160 valence electrons. The van der Waals surface area contributed by atoms with Gasteiger partial charge in [0.25, 0.3) is 17.4 Å². The summed E-state index contributed by atoms with van der Waals surface area (Å²) >= 11 is 5.85. The van der Waals surface area contributed by atoms with E-state index in [1.807, 2.05) is 24.3 Å². The van der Waals surface area contributed by atoms with Crippen LogP contribution < -0.4 is 10.3 Å². The Balaban J connectivity index is 1.40. The van der Waals surface area contributed by atoms with E-state index in [1.54, 1.807) is 41.1 Å². The van der Waals surface area contributed by atoms with Crippen LogP contribution in [0.25, 0.3) is 10.9 Å². The Morgan fingerprint density at radius 2 is 1.61 bits per heavy atom. The molecule has 3 aromatic rings. The number of benzene rings is 2. The van der Waals surface area contributed by atoms with Gasteiger partial charge in [-0.2, -0.15) is 0 Å². The monoisotopic (exact) mass is 439 g/mol. The van der Waals surface area contributed by atoms with Gasteiger partial charge in [-0.15, -0.1) is 0 Å². The minimum atomic E-state index is -0.227. The number of ether oxygens (including phenoxy) is 1. The van der Waals surface area contributed by atoms with Crippen molar-refractivity contribution >= 4 is 34.3 Å². The Hall–Kier alpha value is -3.32. The van der Waals surface area contributed by atoms with Crippen LogP contribution >= 0.6 is 11.6 Å². The summed E-state index contributed by atoms with van der Waals surface area (Å²) in [5.41, 5.74) is 0.881. The van der Waals surface area contributed by atoms with E-state index >= 15 is 0 Å². The minimum Gasteiger partial charge on any atom is -0.484 e. The van der Waals surface area contributed by atoms with E-state index in [0.717, 1.165) is 5.39 Å². The maximum absolute atomic E-state index is 13.1. The van der Waals surface area contributed by atoms with Crippen LogP contribution in [0.2, 0.25) is 5.02 Å². The van der Waals surface area contributed by atoms with E-state index in [-0.39, 0.29) is 24.0 Å². The summed E-state index contributed by atoms with van der Waals surface area (Å²) < 4.78 is 7.06. The lowest BCUT2D eigenvalue weighted by Gasteiger charge is -2.35. The summed E-state index contributed by atoms with van der Waals surface area (Å²) in [7, 11) is 1.69. The molecule has 1 fully saturated rings. The van der Waals surface area contributed by atoms with Gasteiger partial charge in [0.05, 0.1) is 11.1 Å². The smallest absolute Gasteiger partial charge is 0.260 e. The molecule has 0 bridgehead atoms. The molecule has 2 aromatic carbocycles. The third kappa shape index (κ3) is 4.41. The Bertz CT molecular complexity index is 1180. The summed E-state index contributed by atoms with van der Waals surface area (Å²) in [6.45, 7) is 1.55. The van der Waals surface area contributed by atoms with Crippen molar-refractivity contribution < 1.29 is 14.3 Å². The zero-order valence-corrected chi connectivity index (χ0v) is 17.8. The molecule has 31 heavy (non-hydrogen) atoms. The minimum absolute atomic E-state index is 0.0745. The van der Waals surface area contributed by atoms with Crippen LogP contribution in [0.15, 0.2) is 59.4 Å². The van der Waals surface area contributed by atoms with E-state index < -0.39 is 0 Å². The number of fused-ring (bicyclic) bond motifs is 1. The fourth-order valence-corrected chi connectivity index (χ4v) is 3.81. The zero-order chi connectivity index (χ0) is 22.0. The Morgan fingerprint density at radius 3 is 2.32 bits per heavy atom.